The number of carbonyl (C=O) groups excluding carboxylic acids is 1. The Morgan fingerprint density at radius 2 is 1.69 bits per heavy atom. The van der Waals surface area contributed by atoms with Gasteiger partial charge >= 0.3 is 6.18 Å². The minimum absolute atomic E-state index is 0.137. The van der Waals surface area contributed by atoms with Crippen molar-refractivity contribution in [3.63, 3.8) is 0 Å². The molecule has 1 N–H and O–H groups in total. The molecule has 0 aliphatic rings. The minimum Gasteiger partial charge on any atom is -0.348 e. The van der Waals surface area contributed by atoms with E-state index < -0.39 is 23.2 Å². The number of nitrogens with one attached hydrogen (secondary N) is 1. The highest BCUT2D eigenvalue weighted by molar-refractivity contribution is 6.30. The molecule has 0 unspecified atom stereocenters. The van der Waals surface area contributed by atoms with Gasteiger partial charge in [-0.2, -0.15) is 13.2 Å². The van der Waals surface area contributed by atoms with Crippen molar-refractivity contribution in [2.45, 2.75) is 19.3 Å². The third-order valence-corrected chi connectivity index (χ3v) is 4.48. The molecule has 150 valence electrons. The molecule has 0 radical (unpaired) electrons. The van der Waals surface area contributed by atoms with Gasteiger partial charge in [-0.05, 0) is 29.3 Å². The average Bonchev–Trinajstić information content (AvgIpc) is 2.70. The monoisotopic (exact) mass is 420 g/mol. The topological polar surface area (TPSA) is 51.1 Å². The summed E-state index contributed by atoms with van der Waals surface area (Å²) in [4.78, 5) is 24.7. The van der Waals surface area contributed by atoms with Gasteiger partial charge < -0.3 is 9.88 Å². The van der Waals surface area contributed by atoms with Crippen LogP contribution in [0.4, 0.5) is 13.2 Å². The summed E-state index contributed by atoms with van der Waals surface area (Å²) in [5.74, 6) is -0.450. The number of rotatable bonds is 5. The van der Waals surface area contributed by atoms with E-state index in [0.717, 1.165) is 22.3 Å². The van der Waals surface area contributed by atoms with E-state index in [9.17, 15) is 22.8 Å². The van der Waals surface area contributed by atoms with Crippen molar-refractivity contribution in [3.05, 3.63) is 104 Å². The molecule has 3 aromatic rings. The second-order valence-corrected chi connectivity index (χ2v) is 6.78. The van der Waals surface area contributed by atoms with Gasteiger partial charge in [0.25, 0.3) is 11.5 Å². The van der Waals surface area contributed by atoms with Gasteiger partial charge in [0, 0.05) is 12.7 Å². The number of pyridine rings is 1. The Labute approximate surface area is 169 Å². The van der Waals surface area contributed by atoms with Crippen LogP contribution < -0.4 is 10.9 Å². The van der Waals surface area contributed by atoms with Crippen LogP contribution in [0.25, 0.3) is 0 Å². The number of nitrogens with zero attached hydrogens (tertiary/aromatic N) is 1. The van der Waals surface area contributed by atoms with Crippen LogP contribution in [0.2, 0.25) is 5.02 Å². The Morgan fingerprint density at radius 1 is 1.00 bits per heavy atom. The van der Waals surface area contributed by atoms with Gasteiger partial charge in [0.15, 0.2) is 0 Å². The molecule has 1 amide bonds. The summed E-state index contributed by atoms with van der Waals surface area (Å²) in [5.41, 5.74) is -0.115. The van der Waals surface area contributed by atoms with Crippen molar-refractivity contribution in [2.24, 2.45) is 0 Å². The fourth-order valence-electron chi connectivity index (χ4n) is 2.76. The summed E-state index contributed by atoms with van der Waals surface area (Å²) in [7, 11) is 0. The van der Waals surface area contributed by atoms with E-state index in [1.54, 1.807) is 0 Å². The van der Waals surface area contributed by atoms with Crippen LogP contribution in [0.1, 0.15) is 27.0 Å². The molecular formula is C21H16ClF3N2O2. The first-order chi connectivity index (χ1) is 13.7. The van der Waals surface area contributed by atoms with E-state index in [0.29, 0.717) is 0 Å². The lowest BCUT2D eigenvalue weighted by Crippen LogP contribution is -2.27. The number of hydrogen-bond acceptors (Lipinski definition) is 2. The lowest BCUT2D eigenvalue weighted by molar-refractivity contribution is -0.137. The van der Waals surface area contributed by atoms with Crippen molar-refractivity contribution < 1.29 is 18.0 Å². The van der Waals surface area contributed by atoms with Crippen LogP contribution in [-0.4, -0.2) is 10.5 Å². The van der Waals surface area contributed by atoms with E-state index in [-0.39, 0.29) is 29.2 Å². The molecule has 0 aliphatic carbocycles. The molecule has 0 fully saturated rings. The lowest BCUT2D eigenvalue weighted by atomic mass is 10.1. The van der Waals surface area contributed by atoms with E-state index in [1.807, 2.05) is 30.3 Å². The minimum atomic E-state index is -4.49. The van der Waals surface area contributed by atoms with Crippen LogP contribution >= 0.6 is 11.6 Å². The summed E-state index contributed by atoms with van der Waals surface area (Å²) in [6, 6.07) is 15.1. The predicted octanol–water partition coefficient (Wildman–Crippen LogP) is 4.50. The zero-order chi connectivity index (χ0) is 21.0. The third kappa shape index (κ3) is 5.26. The highest BCUT2D eigenvalue weighted by Gasteiger charge is 2.30. The number of aromatic nitrogens is 1. The normalized spacial score (nSPS) is 11.3. The molecule has 0 bridgehead atoms. The first kappa shape index (κ1) is 20.7. The molecule has 1 heterocycles. The Kier molecular flexibility index (Phi) is 6.08. The van der Waals surface area contributed by atoms with Crippen molar-refractivity contribution in [3.8, 4) is 0 Å². The highest BCUT2D eigenvalue weighted by Crippen LogP contribution is 2.29. The number of hydrogen-bond donors (Lipinski definition) is 1. The smallest absolute Gasteiger partial charge is 0.348 e. The molecule has 0 aliphatic heterocycles. The molecule has 2 aromatic carbocycles. The molecule has 3 rings (SSSR count). The Morgan fingerprint density at radius 3 is 2.38 bits per heavy atom. The van der Waals surface area contributed by atoms with Gasteiger partial charge in [-0.15, -0.1) is 0 Å². The second kappa shape index (κ2) is 8.53. The molecular weight excluding hydrogens is 405 g/mol. The molecule has 0 saturated heterocycles. The fraction of sp³-hybridized carbons (Fsp3) is 0.143. The van der Waals surface area contributed by atoms with Crippen LogP contribution in [0.15, 0.2) is 71.7 Å². The van der Waals surface area contributed by atoms with Gasteiger partial charge in [-0.25, -0.2) is 0 Å². The number of carbonyl (C=O) groups is 1. The molecule has 0 saturated carbocycles. The van der Waals surface area contributed by atoms with Crippen LogP contribution in [0.5, 0.6) is 0 Å². The zero-order valence-corrected chi connectivity index (χ0v) is 15.8. The molecule has 1 aromatic heterocycles. The second-order valence-electron chi connectivity index (χ2n) is 6.38. The zero-order valence-electron chi connectivity index (χ0n) is 15.0. The first-order valence-electron chi connectivity index (χ1n) is 8.62. The van der Waals surface area contributed by atoms with E-state index in [2.05, 4.69) is 5.32 Å². The van der Waals surface area contributed by atoms with Crippen molar-refractivity contribution in [1.82, 2.24) is 9.88 Å². The van der Waals surface area contributed by atoms with Gasteiger partial charge in [0.1, 0.15) is 5.02 Å². The van der Waals surface area contributed by atoms with Crippen molar-refractivity contribution in [2.75, 3.05) is 0 Å². The average molecular weight is 421 g/mol. The number of amides is 1. The summed E-state index contributed by atoms with van der Waals surface area (Å²) >= 11 is 5.96. The molecule has 4 nitrogen and oxygen atoms in total. The maximum absolute atomic E-state index is 12.9. The summed E-state index contributed by atoms with van der Waals surface area (Å²) in [5, 5.41) is 2.53. The lowest BCUT2D eigenvalue weighted by Gasteiger charge is -2.12. The Hall–Kier alpha value is -3.06. The molecule has 0 atom stereocenters. The largest absolute Gasteiger partial charge is 0.416 e. The van der Waals surface area contributed by atoms with E-state index >= 15 is 0 Å². The molecule has 8 heteroatoms. The van der Waals surface area contributed by atoms with Crippen LogP contribution in [0.3, 0.4) is 0 Å². The Balaban J connectivity index is 1.82. The first-order valence-corrected chi connectivity index (χ1v) is 9.00. The number of benzene rings is 2. The van der Waals surface area contributed by atoms with Crippen molar-refractivity contribution in [1.29, 1.82) is 0 Å². The van der Waals surface area contributed by atoms with Gasteiger partial charge in [-0.1, -0.05) is 54.1 Å². The van der Waals surface area contributed by atoms with Gasteiger partial charge in [0.05, 0.1) is 17.7 Å². The molecule has 0 spiro atoms. The van der Waals surface area contributed by atoms with Gasteiger partial charge in [-0.3, -0.25) is 9.59 Å². The van der Waals surface area contributed by atoms with E-state index in [1.165, 1.54) is 24.4 Å². The number of alkyl halides is 3. The predicted molar refractivity (Wildman–Crippen MR) is 104 cm³/mol. The molecule has 29 heavy (non-hydrogen) atoms. The standard InChI is InChI=1S/C21H16ClF3N2O2/c22-18-10-16(19(28)26-11-14-5-2-1-3-6-14)13-27(20(18)29)12-15-7-4-8-17(9-15)21(23,24)25/h1-10,13H,11-12H2,(H,26,28). The third-order valence-electron chi connectivity index (χ3n) is 4.21. The fourth-order valence-corrected chi connectivity index (χ4v) is 2.99. The van der Waals surface area contributed by atoms with Crippen LogP contribution in [0, 0.1) is 0 Å². The highest BCUT2D eigenvalue weighted by atomic mass is 35.5. The Bertz CT molecular complexity index is 1080. The number of halogens is 4. The SMILES string of the molecule is O=C(NCc1ccccc1)c1cc(Cl)c(=O)n(Cc2cccc(C(F)(F)F)c2)c1. The maximum atomic E-state index is 12.9. The summed E-state index contributed by atoms with van der Waals surface area (Å²) in [6.07, 6.45) is -3.20. The van der Waals surface area contributed by atoms with Gasteiger partial charge in [0.2, 0.25) is 0 Å². The maximum Gasteiger partial charge on any atom is 0.416 e. The van der Waals surface area contributed by atoms with Crippen LogP contribution in [-0.2, 0) is 19.3 Å². The van der Waals surface area contributed by atoms with E-state index in [4.69, 9.17) is 11.6 Å². The van der Waals surface area contributed by atoms with Crippen molar-refractivity contribution >= 4 is 17.5 Å². The summed E-state index contributed by atoms with van der Waals surface area (Å²) in [6.45, 7) is 0.131. The summed E-state index contributed by atoms with van der Waals surface area (Å²) < 4.78 is 39.8. The quantitative estimate of drug-likeness (QED) is 0.660.